The van der Waals surface area contributed by atoms with Crippen LogP contribution in [0.3, 0.4) is 0 Å². The summed E-state index contributed by atoms with van der Waals surface area (Å²) < 4.78 is 21.8. The lowest BCUT2D eigenvalue weighted by Gasteiger charge is -2.35. The van der Waals surface area contributed by atoms with Gasteiger partial charge in [-0.25, -0.2) is 0 Å². The number of methoxy groups -OCH3 is 2. The maximum Gasteiger partial charge on any atom is 0.240 e. The van der Waals surface area contributed by atoms with E-state index < -0.39 is 6.10 Å². The fourth-order valence-electron chi connectivity index (χ4n) is 4.36. The lowest BCUT2D eigenvalue weighted by atomic mass is 9.78. The number of aliphatic hydroxyl groups is 1. The average molecular weight is 389 g/mol. The zero-order chi connectivity index (χ0) is 19.5. The van der Waals surface area contributed by atoms with Crippen molar-refractivity contribution in [1.82, 2.24) is 15.0 Å². The molecule has 1 saturated carbocycles. The van der Waals surface area contributed by atoms with E-state index in [-0.39, 0.29) is 6.10 Å². The average Bonchev–Trinajstić information content (AvgIpc) is 3.29. The Kier molecular flexibility index (Phi) is 5.79. The van der Waals surface area contributed by atoms with Crippen molar-refractivity contribution < 1.29 is 23.8 Å². The van der Waals surface area contributed by atoms with Gasteiger partial charge in [-0.15, -0.1) is 0 Å². The molecule has 0 unspecified atom stereocenters. The molecule has 0 bridgehead atoms. The van der Waals surface area contributed by atoms with E-state index in [0.29, 0.717) is 48.2 Å². The Balaban J connectivity index is 1.36. The van der Waals surface area contributed by atoms with E-state index in [1.54, 1.807) is 14.2 Å². The predicted molar refractivity (Wildman–Crippen MR) is 99.9 cm³/mol. The molecule has 1 N–H and O–H groups in total. The molecular weight excluding hydrogens is 362 g/mol. The summed E-state index contributed by atoms with van der Waals surface area (Å²) in [5.41, 5.74) is 0. The largest absolute Gasteiger partial charge is 0.493 e. The maximum atomic E-state index is 10.6. The van der Waals surface area contributed by atoms with Gasteiger partial charge in [-0.05, 0) is 36.8 Å². The van der Waals surface area contributed by atoms with Crippen LogP contribution in [-0.2, 0) is 17.9 Å². The SMILES string of the molecule is COCc1noc(CN2C[C@H]3C[C@@H](Oc4ccccc4OC)[C@H](O)C[C@H]3C2)n1. The summed E-state index contributed by atoms with van der Waals surface area (Å²) in [6.07, 6.45) is 0.843. The number of hydrogen-bond acceptors (Lipinski definition) is 8. The van der Waals surface area contributed by atoms with Crippen molar-refractivity contribution in [2.24, 2.45) is 11.8 Å². The molecule has 2 aliphatic rings. The molecule has 1 aromatic carbocycles. The molecular formula is C20H27N3O5. The second-order valence-electron chi connectivity index (χ2n) is 7.60. The Morgan fingerprint density at radius 1 is 1.14 bits per heavy atom. The zero-order valence-electron chi connectivity index (χ0n) is 16.3. The van der Waals surface area contributed by atoms with Crippen LogP contribution in [0.5, 0.6) is 11.5 Å². The summed E-state index contributed by atoms with van der Waals surface area (Å²) in [5, 5.41) is 14.6. The molecule has 0 radical (unpaired) electrons. The molecule has 4 atom stereocenters. The first-order chi connectivity index (χ1) is 13.7. The van der Waals surface area contributed by atoms with Crippen LogP contribution >= 0.6 is 0 Å². The van der Waals surface area contributed by atoms with Crippen LogP contribution in [0.2, 0.25) is 0 Å². The van der Waals surface area contributed by atoms with Crippen molar-refractivity contribution in [3.63, 3.8) is 0 Å². The Bertz CT molecular complexity index is 783. The molecule has 2 fully saturated rings. The first kappa shape index (κ1) is 19.2. The molecule has 0 amide bonds. The molecule has 1 aromatic heterocycles. The number of aliphatic hydroxyl groups excluding tert-OH is 1. The van der Waals surface area contributed by atoms with Gasteiger partial charge in [0.15, 0.2) is 17.3 Å². The van der Waals surface area contributed by atoms with E-state index in [9.17, 15) is 5.11 Å². The molecule has 28 heavy (non-hydrogen) atoms. The first-order valence-corrected chi connectivity index (χ1v) is 9.66. The number of para-hydroxylation sites is 2. The number of rotatable bonds is 7. The Labute approximate surface area is 164 Å². The van der Waals surface area contributed by atoms with E-state index >= 15 is 0 Å². The number of hydrogen-bond donors (Lipinski definition) is 1. The zero-order valence-corrected chi connectivity index (χ0v) is 16.3. The van der Waals surface area contributed by atoms with E-state index in [4.69, 9.17) is 18.7 Å². The van der Waals surface area contributed by atoms with Gasteiger partial charge >= 0.3 is 0 Å². The van der Waals surface area contributed by atoms with E-state index in [0.717, 1.165) is 25.9 Å². The van der Waals surface area contributed by atoms with Crippen molar-refractivity contribution in [1.29, 1.82) is 0 Å². The second-order valence-corrected chi connectivity index (χ2v) is 7.60. The minimum absolute atomic E-state index is 0.228. The Morgan fingerprint density at radius 2 is 1.89 bits per heavy atom. The van der Waals surface area contributed by atoms with Crippen molar-refractivity contribution in [3.8, 4) is 11.5 Å². The minimum atomic E-state index is -0.483. The van der Waals surface area contributed by atoms with Gasteiger partial charge in [-0.1, -0.05) is 17.3 Å². The molecule has 8 nitrogen and oxygen atoms in total. The summed E-state index contributed by atoms with van der Waals surface area (Å²) in [7, 11) is 3.23. The monoisotopic (exact) mass is 389 g/mol. The highest BCUT2D eigenvalue weighted by molar-refractivity contribution is 5.39. The first-order valence-electron chi connectivity index (χ1n) is 9.66. The fraction of sp³-hybridized carbons (Fsp3) is 0.600. The summed E-state index contributed by atoms with van der Waals surface area (Å²) in [6, 6.07) is 7.57. The van der Waals surface area contributed by atoms with Gasteiger partial charge in [0.25, 0.3) is 0 Å². The van der Waals surface area contributed by atoms with Crippen LogP contribution in [0, 0.1) is 11.8 Å². The standard InChI is InChI=1S/C20H27N3O5/c1-25-12-19-21-20(28-22-19)11-23-9-13-7-15(24)18(8-14(13)10-23)27-17-6-4-3-5-16(17)26-2/h3-6,13-15,18,24H,7-12H2,1-2H3/t13-,14+,15+,18+/m0/s1. The fourth-order valence-corrected chi connectivity index (χ4v) is 4.36. The molecule has 8 heteroatoms. The van der Waals surface area contributed by atoms with Crippen LogP contribution in [0.1, 0.15) is 24.6 Å². The smallest absolute Gasteiger partial charge is 0.240 e. The quantitative estimate of drug-likeness (QED) is 0.768. The van der Waals surface area contributed by atoms with Crippen LogP contribution in [0.25, 0.3) is 0 Å². The third-order valence-electron chi connectivity index (χ3n) is 5.65. The molecule has 152 valence electrons. The van der Waals surface area contributed by atoms with Crippen molar-refractivity contribution in [2.45, 2.75) is 38.2 Å². The number of ether oxygens (including phenoxy) is 3. The molecule has 1 aliphatic heterocycles. The van der Waals surface area contributed by atoms with Gasteiger partial charge in [0.05, 0.1) is 19.8 Å². The van der Waals surface area contributed by atoms with Crippen molar-refractivity contribution >= 4 is 0 Å². The number of nitrogens with zero attached hydrogens (tertiary/aromatic N) is 3. The summed E-state index contributed by atoms with van der Waals surface area (Å²) in [5.74, 6) is 3.47. The molecule has 0 spiro atoms. The van der Waals surface area contributed by atoms with E-state index in [2.05, 4.69) is 15.0 Å². The third-order valence-corrected chi connectivity index (χ3v) is 5.65. The second kappa shape index (κ2) is 8.46. The molecule has 2 aromatic rings. The lowest BCUT2D eigenvalue weighted by Crippen LogP contribution is -2.42. The normalized spacial score (nSPS) is 27.5. The maximum absolute atomic E-state index is 10.6. The lowest BCUT2D eigenvalue weighted by molar-refractivity contribution is -0.0240. The highest BCUT2D eigenvalue weighted by atomic mass is 16.5. The van der Waals surface area contributed by atoms with Crippen molar-refractivity contribution in [3.05, 3.63) is 36.0 Å². The van der Waals surface area contributed by atoms with Gasteiger partial charge in [-0.2, -0.15) is 4.98 Å². The summed E-state index contributed by atoms with van der Waals surface area (Å²) in [6.45, 7) is 2.83. The summed E-state index contributed by atoms with van der Waals surface area (Å²) >= 11 is 0. The van der Waals surface area contributed by atoms with Gasteiger partial charge in [0.1, 0.15) is 12.7 Å². The molecule has 1 aliphatic carbocycles. The minimum Gasteiger partial charge on any atom is -0.493 e. The van der Waals surface area contributed by atoms with Gasteiger partial charge < -0.3 is 23.8 Å². The Morgan fingerprint density at radius 3 is 2.64 bits per heavy atom. The molecule has 4 rings (SSSR count). The van der Waals surface area contributed by atoms with Crippen molar-refractivity contribution in [2.75, 3.05) is 27.3 Å². The number of benzene rings is 1. The summed E-state index contributed by atoms with van der Waals surface area (Å²) in [4.78, 5) is 6.67. The molecule has 2 heterocycles. The van der Waals surface area contributed by atoms with Crippen LogP contribution in [-0.4, -0.2) is 59.7 Å². The predicted octanol–water partition coefficient (Wildman–Crippen LogP) is 1.87. The highest BCUT2D eigenvalue weighted by Crippen LogP contribution is 2.39. The van der Waals surface area contributed by atoms with Gasteiger partial charge in [0, 0.05) is 20.2 Å². The molecule has 1 saturated heterocycles. The van der Waals surface area contributed by atoms with Crippen LogP contribution in [0.4, 0.5) is 0 Å². The number of fused-ring (bicyclic) bond motifs is 1. The number of aromatic nitrogens is 2. The van der Waals surface area contributed by atoms with Crippen LogP contribution < -0.4 is 9.47 Å². The van der Waals surface area contributed by atoms with Crippen LogP contribution in [0.15, 0.2) is 28.8 Å². The van der Waals surface area contributed by atoms with Gasteiger partial charge in [-0.3, -0.25) is 4.90 Å². The Hall–Kier alpha value is -2.16. The number of likely N-dealkylation sites (tertiary alicyclic amines) is 1. The highest BCUT2D eigenvalue weighted by Gasteiger charge is 2.43. The topological polar surface area (TPSA) is 90.1 Å². The van der Waals surface area contributed by atoms with Gasteiger partial charge in [0.2, 0.25) is 5.89 Å². The van der Waals surface area contributed by atoms with E-state index in [1.165, 1.54) is 0 Å². The van der Waals surface area contributed by atoms with E-state index in [1.807, 2.05) is 24.3 Å². The third kappa shape index (κ3) is 4.14.